The minimum Gasteiger partial charge on any atom is -0.465 e. The number of nitrogens with zero attached hydrogens (tertiary/aromatic N) is 2. The number of aromatic nitrogens is 2. The van der Waals surface area contributed by atoms with Crippen molar-refractivity contribution in [3.05, 3.63) is 60.2 Å². The lowest BCUT2D eigenvalue weighted by Gasteiger charge is -2.12. The van der Waals surface area contributed by atoms with Crippen LogP contribution in [0.2, 0.25) is 0 Å². The van der Waals surface area contributed by atoms with Gasteiger partial charge in [0.1, 0.15) is 0 Å². The first-order valence-electron chi connectivity index (χ1n) is 10.9. The highest BCUT2D eigenvalue weighted by molar-refractivity contribution is 5.94. The van der Waals surface area contributed by atoms with Crippen molar-refractivity contribution in [2.75, 3.05) is 19.0 Å². The summed E-state index contributed by atoms with van der Waals surface area (Å²) in [7, 11) is 1.40. The van der Waals surface area contributed by atoms with Gasteiger partial charge in [-0.05, 0) is 43.5 Å². The molecule has 0 saturated heterocycles. The van der Waals surface area contributed by atoms with Gasteiger partial charge in [0.2, 0.25) is 5.95 Å². The van der Waals surface area contributed by atoms with Gasteiger partial charge in [0, 0.05) is 13.1 Å². The van der Waals surface area contributed by atoms with Gasteiger partial charge in [-0.1, -0.05) is 56.9 Å². The molecular weight excluding hydrogens is 374 g/mol. The molecule has 0 spiro atoms. The summed E-state index contributed by atoms with van der Waals surface area (Å²) < 4.78 is 7.08. The van der Waals surface area contributed by atoms with E-state index in [-0.39, 0.29) is 5.97 Å². The molecule has 0 amide bonds. The zero-order valence-corrected chi connectivity index (χ0v) is 18.6. The zero-order valence-electron chi connectivity index (χ0n) is 18.6. The van der Waals surface area contributed by atoms with Crippen LogP contribution in [-0.4, -0.2) is 29.2 Å². The topological polar surface area (TPSA) is 56.1 Å². The fraction of sp³-hybridized carbons (Fsp3) is 0.440. The van der Waals surface area contributed by atoms with Gasteiger partial charge in [-0.15, -0.1) is 6.58 Å². The predicted octanol–water partition coefficient (Wildman–Crippen LogP) is 6.28. The van der Waals surface area contributed by atoms with Gasteiger partial charge in [-0.25, -0.2) is 9.78 Å². The number of fused-ring (bicyclic) bond motifs is 1. The van der Waals surface area contributed by atoms with Crippen molar-refractivity contribution in [3.8, 4) is 0 Å². The van der Waals surface area contributed by atoms with Crippen molar-refractivity contribution in [2.45, 2.75) is 58.9 Å². The number of allylic oxidation sites excluding steroid dienone is 4. The first-order valence-corrected chi connectivity index (χ1v) is 10.9. The Labute approximate surface area is 180 Å². The molecule has 5 nitrogen and oxygen atoms in total. The van der Waals surface area contributed by atoms with E-state index in [2.05, 4.69) is 29.5 Å². The van der Waals surface area contributed by atoms with Gasteiger partial charge >= 0.3 is 5.97 Å². The number of carbonyl (C=O) groups is 1. The van der Waals surface area contributed by atoms with Gasteiger partial charge < -0.3 is 14.6 Å². The number of hydrogen-bond acceptors (Lipinski definition) is 4. The van der Waals surface area contributed by atoms with Crippen LogP contribution in [0.3, 0.4) is 0 Å². The molecule has 1 heterocycles. The number of esters is 1. The van der Waals surface area contributed by atoms with Crippen LogP contribution in [0.15, 0.2) is 54.7 Å². The molecule has 5 heteroatoms. The van der Waals surface area contributed by atoms with Gasteiger partial charge in [0.15, 0.2) is 0 Å². The highest BCUT2D eigenvalue weighted by Gasteiger charge is 2.14. The number of imidazole rings is 1. The van der Waals surface area contributed by atoms with E-state index in [1.807, 2.05) is 37.3 Å². The Kier molecular flexibility index (Phi) is 9.92. The number of hydrogen-bond donors (Lipinski definition) is 1. The van der Waals surface area contributed by atoms with Crippen LogP contribution in [-0.2, 0) is 11.3 Å². The molecule has 0 aliphatic heterocycles. The lowest BCUT2D eigenvalue weighted by Crippen LogP contribution is -2.11. The maximum Gasteiger partial charge on any atom is 0.337 e. The van der Waals surface area contributed by atoms with Crippen molar-refractivity contribution < 1.29 is 9.53 Å². The van der Waals surface area contributed by atoms with E-state index in [0.29, 0.717) is 12.1 Å². The third kappa shape index (κ3) is 6.61. The number of nitrogens with one attached hydrogen (secondary N) is 1. The summed E-state index contributed by atoms with van der Waals surface area (Å²) in [5, 5.41) is 3.50. The molecule has 2 aromatic rings. The van der Waals surface area contributed by atoms with E-state index in [4.69, 9.17) is 9.72 Å². The third-order valence-corrected chi connectivity index (χ3v) is 5.06. The summed E-state index contributed by atoms with van der Waals surface area (Å²) in [5.74, 6) is 0.487. The Morgan fingerprint density at radius 2 is 2.07 bits per heavy atom. The van der Waals surface area contributed by atoms with Crippen LogP contribution in [0, 0.1) is 0 Å². The minimum atomic E-state index is -0.344. The molecule has 0 aliphatic rings. The lowest BCUT2D eigenvalue weighted by molar-refractivity contribution is 0.0601. The van der Waals surface area contributed by atoms with Crippen molar-refractivity contribution in [3.63, 3.8) is 0 Å². The van der Waals surface area contributed by atoms with Crippen molar-refractivity contribution >= 4 is 23.0 Å². The Hall–Kier alpha value is -2.82. The van der Waals surface area contributed by atoms with Crippen molar-refractivity contribution in [1.29, 1.82) is 0 Å². The standard InChI is InChI=1S/C25H35N3O2/c1-5-8-10-11-12-17-28-23-16-15-21(24(29)30-4)18-22(23)27-25(28)26-19-20(13-7-3)14-9-6-2/h6-7,9,14-16,18H,3,5,8,10-13,17,19H2,1-2,4H3,(H,26,27)/b9-6-,20-14+. The fourth-order valence-corrected chi connectivity index (χ4v) is 3.42. The molecular formula is C25H35N3O2. The number of unbranched alkanes of at least 4 members (excludes halogenated alkanes) is 4. The summed E-state index contributed by atoms with van der Waals surface area (Å²) >= 11 is 0. The Morgan fingerprint density at radius 3 is 2.77 bits per heavy atom. The van der Waals surface area contributed by atoms with E-state index < -0.39 is 0 Å². The molecule has 162 valence electrons. The number of benzene rings is 1. The Morgan fingerprint density at radius 1 is 1.27 bits per heavy atom. The molecule has 0 bridgehead atoms. The quantitative estimate of drug-likeness (QED) is 0.183. The van der Waals surface area contributed by atoms with Gasteiger partial charge in [-0.3, -0.25) is 0 Å². The van der Waals surface area contributed by atoms with E-state index >= 15 is 0 Å². The molecule has 1 N–H and O–H groups in total. The average molecular weight is 410 g/mol. The number of rotatable bonds is 13. The molecule has 1 aromatic heterocycles. The zero-order chi connectivity index (χ0) is 21.8. The highest BCUT2D eigenvalue weighted by Crippen LogP contribution is 2.23. The maximum atomic E-state index is 11.9. The fourth-order valence-electron chi connectivity index (χ4n) is 3.42. The highest BCUT2D eigenvalue weighted by atomic mass is 16.5. The molecule has 0 saturated carbocycles. The number of carbonyl (C=O) groups excluding carboxylic acids is 1. The number of anilines is 1. The van der Waals surface area contributed by atoms with Gasteiger partial charge in [0.05, 0.1) is 23.7 Å². The van der Waals surface area contributed by atoms with E-state index in [1.54, 1.807) is 6.07 Å². The summed E-state index contributed by atoms with van der Waals surface area (Å²) in [6.07, 6.45) is 15.0. The molecule has 0 fully saturated rings. The molecule has 30 heavy (non-hydrogen) atoms. The Bertz CT molecular complexity index is 893. The van der Waals surface area contributed by atoms with E-state index in [1.165, 1.54) is 38.4 Å². The van der Waals surface area contributed by atoms with Crippen LogP contribution in [0.1, 0.15) is 62.7 Å². The Balaban J connectivity index is 2.27. The largest absolute Gasteiger partial charge is 0.465 e. The molecule has 0 aliphatic carbocycles. The van der Waals surface area contributed by atoms with E-state index in [0.717, 1.165) is 36.4 Å². The van der Waals surface area contributed by atoms with Crippen LogP contribution >= 0.6 is 0 Å². The molecule has 0 unspecified atom stereocenters. The molecule has 0 atom stereocenters. The minimum absolute atomic E-state index is 0.344. The van der Waals surface area contributed by atoms with E-state index in [9.17, 15) is 4.79 Å². The molecule has 2 rings (SSSR count). The van der Waals surface area contributed by atoms with Crippen molar-refractivity contribution in [2.24, 2.45) is 0 Å². The smallest absolute Gasteiger partial charge is 0.337 e. The maximum absolute atomic E-state index is 11.9. The van der Waals surface area contributed by atoms with Crippen LogP contribution in [0.4, 0.5) is 5.95 Å². The normalized spacial score (nSPS) is 11.9. The summed E-state index contributed by atoms with van der Waals surface area (Å²) in [6.45, 7) is 9.68. The van der Waals surface area contributed by atoms with Gasteiger partial charge in [0.25, 0.3) is 0 Å². The lowest BCUT2D eigenvalue weighted by atomic mass is 10.1. The second-order valence-corrected chi connectivity index (χ2v) is 7.39. The van der Waals surface area contributed by atoms with Crippen LogP contribution in [0.25, 0.3) is 11.0 Å². The monoisotopic (exact) mass is 409 g/mol. The number of ether oxygens (including phenoxy) is 1. The summed E-state index contributed by atoms with van der Waals surface area (Å²) in [6, 6.07) is 5.58. The number of methoxy groups -OCH3 is 1. The third-order valence-electron chi connectivity index (χ3n) is 5.06. The van der Waals surface area contributed by atoms with Crippen LogP contribution in [0.5, 0.6) is 0 Å². The number of aryl methyl sites for hydroxylation is 1. The average Bonchev–Trinajstić information content (AvgIpc) is 3.11. The summed E-state index contributed by atoms with van der Waals surface area (Å²) in [4.78, 5) is 16.7. The van der Waals surface area contributed by atoms with Crippen LogP contribution < -0.4 is 5.32 Å². The first kappa shape index (κ1) is 23.5. The van der Waals surface area contributed by atoms with Crippen molar-refractivity contribution in [1.82, 2.24) is 9.55 Å². The second-order valence-electron chi connectivity index (χ2n) is 7.39. The SMILES string of the molecule is C=CC/C(=C\C=C/C)CNc1nc2cc(C(=O)OC)ccc2n1CCCCCCC. The summed E-state index contributed by atoms with van der Waals surface area (Å²) in [5.41, 5.74) is 3.59. The predicted molar refractivity (Wildman–Crippen MR) is 126 cm³/mol. The molecule has 0 radical (unpaired) electrons. The molecule has 1 aromatic carbocycles. The van der Waals surface area contributed by atoms with Gasteiger partial charge in [-0.2, -0.15) is 0 Å². The first-order chi connectivity index (χ1) is 14.6. The second kappa shape index (κ2) is 12.7.